The molecule has 0 aliphatic rings. The largest absolute Gasteiger partial charge is 0.480 e. The molecule has 0 spiro atoms. The predicted octanol–water partition coefficient (Wildman–Crippen LogP) is 4.55. The minimum absolute atomic E-state index is 0.0804. The monoisotopic (exact) mass is 370 g/mol. The number of para-hydroxylation sites is 1. The Morgan fingerprint density at radius 3 is 2.72 bits per heavy atom. The molecule has 6 heteroatoms. The maximum Gasteiger partial charge on any atom is 0.266 e. The third kappa shape index (κ3) is 4.78. The number of nitriles is 1. The quantitative estimate of drug-likeness (QED) is 0.477. The lowest BCUT2D eigenvalue weighted by atomic mass is 10.1. The van der Waals surface area contributed by atoms with Crippen LogP contribution in [0.5, 0.6) is 5.75 Å². The maximum atomic E-state index is 12.4. The minimum atomic E-state index is -0.613. The number of carbonyl (C=O) groups is 1. The number of carbonyl (C=O) groups excluding carboxylic acids is 1. The van der Waals surface area contributed by atoms with Gasteiger partial charge in [-0.1, -0.05) is 53.4 Å². The van der Waals surface area contributed by atoms with Crippen molar-refractivity contribution in [3.8, 4) is 24.2 Å². The van der Waals surface area contributed by atoms with E-state index >= 15 is 0 Å². The van der Waals surface area contributed by atoms with Gasteiger partial charge in [-0.25, -0.2) is 0 Å². The SMILES string of the molecule is C#CCOc1ccccc1/C=C(\C#N)C(=O)Nc1cccc(Cl)c1Cl. The number of nitrogens with zero attached hydrogens (tertiary/aromatic N) is 1. The number of hydrogen-bond acceptors (Lipinski definition) is 3. The second-order valence-electron chi connectivity index (χ2n) is 4.76. The van der Waals surface area contributed by atoms with Crippen LogP contribution in [0.3, 0.4) is 0 Å². The highest BCUT2D eigenvalue weighted by Crippen LogP contribution is 2.30. The molecule has 1 amide bonds. The van der Waals surface area contributed by atoms with Crippen LogP contribution in [-0.4, -0.2) is 12.5 Å². The Balaban J connectivity index is 2.29. The lowest BCUT2D eigenvalue weighted by Gasteiger charge is -2.09. The van der Waals surface area contributed by atoms with Gasteiger partial charge in [0.15, 0.2) is 0 Å². The van der Waals surface area contributed by atoms with Gasteiger partial charge in [0.05, 0.1) is 15.7 Å². The van der Waals surface area contributed by atoms with Crippen LogP contribution in [0.25, 0.3) is 6.08 Å². The Labute approximate surface area is 155 Å². The fourth-order valence-electron chi connectivity index (χ4n) is 1.94. The van der Waals surface area contributed by atoms with Crippen molar-refractivity contribution in [3.63, 3.8) is 0 Å². The molecule has 25 heavy (non-hydrogen) atoms. The zero-order valence-corrected chi connectivity index (χ0v) is 14.4. The molecule has 2 aromatic rings. The highest BCUT2D eigenvalue weighted by atomic mass is 35.5. The molecule has 2 rings (SSSR count). The number of hydrogen-bond donors (Lipinski definition) is 1. The third-order valence-electron chi connectivity index (χ3n) is 3.09. The number of benzene rings is 2. The molecule has 0 unspecified atom stereocenters. The summed E-state index contributed by atoms with van der Waals surface area (Å²) in [6.45, 7) is 0.0804. The summed E-state index contributed by atoms with van der Waals surface area (Å²) in [7, 11) is 0. The van der Waals surface area contributed by atoms with Crippen molar-refractivity contribution in [2.75, 3.05) is 11.9 Å². The summed E-state index contributed by atoms with van der Waals surface area (Å²) in [5.41, 5.74) is 0.756. The van der Waals surface area contributed by atoms with Gasteiger partial charge >= 0.3 is 0 Å². The number of halogens is 2. The van der Waals surface area contributed by atoms with E-state index in [2.05, 4.69) is 11.2 Å². The average molecular weight is 371 g/mol. The van der Waals surface area contributed by atoms with Gasteiger partial charge < -0.3 is 10.1 Å². The smallest absolute Gasteiger partial charge is 0.266 e. The van der Waals surface area contributed by atoms with Crippen molar-refractivity contribution in [2.24, 2.45) is 0 Å². The van der Waals surface area contributed by atoms with E-state index in [9.17, 15) is 10.1 Å². The topological polar surface area (TPSA) is 62.1 Å². The van der Waals surface area contributed by atoms with Gasteiger partial charge in [-0.05, 0) is 24.3 Å². The van der Waals surface area contributed by atoms with Gasteiger partial charge in [0, 0.05) is 5.56 Å². The Kier molecular flexibility index (Phi) is 6.48. The molecule has 4 nitrogen and oxygen atoms in total. The fraction of sp³-hybridized carbons (Fsp3) is 0.0526. The van der Waals surface area contributed by atoms with E-state index in [1.54, 1.807) is 42.5 Å². The van der Waals surface area contributed by atoms with Crippen LogP contribution in [0.1, 0.15) is 5.56 Å². The maximum absolute atomic E-state index is 12.4. The van der Waals surface area contributed by atoms with Crippen molar-refractivity contribution in [1.29, 1.82) is 5.26 Å². The summed E-state index contributed by atoms with van der Waals surface area (Å²) < 4.78 is 5.40. The van der Waals surface area contributed by atoms with Crippen molar-refractivity contribution in [3.05, 3.63) is 63.6 Å². The highest BCUT2D eigenvalue weighted by molar-refractivity contribution is 6.44. The minimum Gasteiger partial charge on any atom is -0.480 e. The fourth-order valence-corrected chi connectivity index (χ4v) is 2.29. The summed E-state index contributed by atoms with van der Waals surface area (Å²) in [4.78, 5) is 12.4. The van der Waals surface area contributed by atoms with E-state index in [1.165, 1.54) is 6.08 Å². The lowest BCUT2D eigenvalue weighted by molar-refractivity contribution is -0.112. The molecule has 1 N–H and O–H groups in total. The number of amides is 1. The average Bonchev–Trinajstić information content (AvgIpc) is 2.62. The first-order valence-electron chi connectivity index (χ1n) is 7.09. The zero-order chi connectivity index (χ0) is 18.2. The van der Waals surface area contributed by atoms with Gasteiger partial charge in [0.25, 0.3) is 5.91 Å². The molecule has 0 heterocycles. The number of nitrogens with one attached hydrogen (secondary N) is 1. The Morgan fingerprint density at radius 2 is 2.00 bits per heavy atom. The molecule has 0 aliphatic carbocycles. The van der Waals surface area contributed by atoms with Gasteiger partial charge in [-0.3, -0.25) is 4.79 Å². The van der Waals surface area contributed by atoms with E-state index in [-0.39, 0.29) is 17.2 Å². The second-order valence-corrected chi connectivity index (χ2v) is 5.54. The normalized spacial score (nSPS) is 10.5. The third-order valence-corrected chi connectivity index (χ3v) is 3.91. The summed E-state index contributed by atoms with van der Waals surface area (Å²) >= 11 is 12.0. The molecular formula is C19H12Cl2N2O2. The molecule has 0 bridgehead atoms. The number of ether oxygens (including phenoxy) is 1. The van der Waals surface area contributed by atoms with Crippen LogP contribution in [0.2, 0.25) is 10.0 Å². The molecule has 0 radical (unpaired) electrons. The molecule has 0 saturated heterocycles. The number of anilines is 1. The number of rotatable bonds is 5. The summed E-state index contributed by atoms with van der Waals surface area (Å²) in [6, 6.07) is 13.6. The van der Waals surface area contributed by atoms with E-state index in [0.717, 1.165) is 0 Å². The molecule has 0 atom stereocenters. The number of terminal acetylenes is 1. The second kappa shape index (κ2) is 8.80. The molecule has 124 valence electrons. The van der Waals surface area contributed by atoms with E-state index < -0.39 is 5.91 Å². The first-order chi connectivity index (χ1) is 12.1. The Bertz CT molecular complexity index is 908. The van der Waals surface area contributed by atoms with Crippen LogP contribution in [0.4, 0.5) is 5.69 Å². The van der Waals surface area contributed by atoms with Gasteiger partial charge in [-0.2, -0.15) is 5.26 Å². The zero-order valence-electron chi connectivity index (χ0n) is 12.9. The molecule has 2 aromatic carbocycles. The van der Waals surface area contributed by atoms with E-state index in [0.29, 0.717) is 22.0 Å². The Morgan fingerprint density at radius 1 is 1.24 bits per heavy atom. The van der Waals surface area contributed by atoms with E-state index in [4.69, 9.17) is 34.4 Å². The summed E-state index contributed by atoms with van der Waals surface area (Å²) in [5, 5.41) is 12.4. The van der Waals surface area contributed by atoms with Crippen molar-refractivity contribution >= 4 is 40.9 Å². The van der Waals surface area contributed by atoms with Crippen molar-refractivity contribution < 1.29 is 9.53 Å². The molecule has 0 aliphatic heterocycles. The first kappa shape index (κ1) is 18.4. The van der Waals surface area contributed by atoms with Crippen LogP contribution in [0.15, 0.2) is 48.0 Å². The molecule has 0 fully saturated rings. The van der Waals surface area contributed by atoms with Crippen molar-refractivity contribution in [1.82, 2.24) is 0 Å². The molecular weight excluding hydrogens is 359 g/mol. The van der Waals surface area contributed by atoms with Gasteiger partial charge in [0.2, 0.25) is 0 Å². The van der Waals surface area contributed by atoms with Gasteiger partial charge in [0.1, 0.15) is 24.0 Å². The summed E-state index contributed by atoms with van der Waals surface area (Å²) in [5.74, 6) is 2.22. The van der Waals surface area contributed by atoms with E-state index in [1.807, 2.05) is 6.07 Å². The predicted molar refractivity (Wildman–Crippen MR) is 99.5 cm³/mol. The van der Waals surface area contributed by atoms with Crippen LogP contribution >= 0.6 is 23.2 Å². The van der Waals surface area contributed by atoms with Crippen LogP contribution < -0.4 is 10.1 Å². The first-order valence-corrected chi connectivity index (χ1v) is 7.85. The van der Waals surface area contributed by atoms with Gasteiger partial charge in [-0.15, -0.1) is 6.42 Å². The van der Waals surface area contributed by atoms with Crippen LogP contribution in [0, 0.1) is 23.7 Å². The Hall–Kier alpha value is -2.92. The highest BCUT2D eigenvalue weighted by Gasteiger charge is 2.13. The molecule has 0 saturated carbocycles. The van der Waals surface area contributed by atoms with Crippen molar-refractivity contribution in [2.45, 2.75) is 0 Å². The summed E-state index contributed by atoms with van der Waals surface area (Å²) in [6.07, 6.45) is 6.60. The molecule has 0 aromatic heterocycles. The lowest BCUT2D eigenvalue weighted by Crippen LogP contribution is -2.13. The standard InChI is InChI=1S/C19H12Cl2N2O2/c1-2-10-25-17-9-4-3-6-13(17)11-14(12-22)19(24)23-16-8-5-7-15(20)18(16)21/h1,3-9,11H,10H2,(H,23,24)/b14-11+. The van der Waals surface area contributed by atoms with Crippen LogP contribution in [-0.2, 0) is 4.79 Å².